The van der Waals surface area contributed by atoms with Gasteiger partial charge in [0, 0.05) is 36.8 Å². The van der Waals surface area contributed by atoms with Gasteiger partial charge < -0.3 is 23.7 Å². The first-order chi connectivity index (χ1) is 16.7. The first kappa shape index (κ1) is 22.9. The molecule has 0 saturated carbocycles. The number of benzene rings is 1. The van der Waals surface area contributed by atoms with Gasteiger partial charge in [0.2, 0.25) is 17.8 Å². The molecule has 0 aliphatic carbocycles. The van der Waals surface area contributed by atoms with Gasteiger partial charge in [0.15, 0.2) is 0 Å². The lowest BCUT2D eigenvalue weighted by Crippen LogP contribution is -2.40. The Morgan fingerprint density at radius 1 is 0.853 bits per heavy atom. The van der Waals surface area contributed by atoms with Crippen molar-refractivity contribution in [1.82, 2.24) is 15.0 Å². The largest absolute Gasteiger partial charge is 0.455 e. The maximum absolute atomic E-state index is 6.27. The molecule has 5 rings (SSSR count). The Balaban J connectivity index is 1.34. The number of nitrogens with one attached hydrogen (secondary N) is 1. The molecule has 178 valence electrons. The molecule has 0 atom stereocenters. The van der Waals surface area contributed by atoms with Crippen molar-refractivity contribution < 1.29 is 13.9 Å². The van der Waals surface area contributed by atoms with E-state index in [-0.39, 0.29) is 0 Å². The van der Waals surface area contributed by atoms with Gasteiger partial charge in [-0.3, -0.25) is 0 Å². The van der Waals surface area contributed by atoms with Crippen LogP contribution in [0.1, 0.15) is 5.76 Å². The third-order valence-electron chi connectivity index (χ3n) is 5.38. The summed E-state index contributed by atoms with van der Waals surface area (Å²) in [4.78, 5) is 18.0. The molecule has 2 aliphatic heterocycles. The minimum atomic E-state index is 0.346. The molecule has 0 amide bonds. The molecule has 0 spiro atoms. The van der Waals surface area contributed by atoms with Crippen molar-refractivity contribution in [1.29, 1.82) is 0 Å². The number of hydrazone groups is 1. The van der Waals surface area contributed by atoms with Crippen molar-refractivity contribution in [2.24, 2.45) is 5.10 Å². The molecular weight excluding hydrogens is 481 g/mol. The second-order valence-electron chi connectivity index (χ2n) is 7.65. The van der Waals surface area contributed by atoms with Gasteiger partial charge in [-0.15, -0.1) is 0 Å². The number of hydrogen-bond acceptors (Lipinski definition) is 10. The van der Waals surface area contributed by atoms with Gasteiger partial charge in [0.1, 0.15) is 11.5 Å². The Morgan fingerprint density at radius 2 is 1.50 bits per heavy atom. The standard InChI is InChI=1S/C22H23Cl2N7O3/c23-15-1-3-18(24)17(13-15)19-4-2-16(34-19)14-25-29-20-26-21(30-5-9-32-10-6-30)28-22(27-20)31-7-11-33-12-8-31/h1-4,13-14H,5-12H2,(H,26,27,28,29)/b25-14-. The number of rotatable bonds is 6. The van der Waals surface area contributed by atoms with Gasteiger partial charge in [0.05, 0.1) is 37.7 Å². The van der Waals surface area contributed by atoms with Gasteiger partial charge in [-0.1, -0.05) is 23.2 Å². The fraction of sp³-hybridized carbons (Fsp3) is 0.364. The van der Waals surface area contributed by atoms with Crippen molar-refractivity contribution in [3.63, 3.8) is 0 Å². The van der Waals surface area contributed by atoms with Crippen molar-refractivity contribution in [3.05, 3.63) is 46.1 Å². The highest BCUT2D eigenvalue weighted by Crippen LogP contribution is 2.31. The van der Waals surface area contributed by atoms with Crippen LogP contribution >= 0.6 is 23.2 Å². The molecule has 2 fully saturated rings. The molecule has 0 radical (unpaired) electrons. The number of morpholine rings is 2. The van der Waals surface area contributed by atoms with E-state index in [0.717, 1.165) is 26.2 Å². The maximum Gasteiger partial charge on any atom is 0.250 e. The normalized spacial score (nSPS) is 16.9. The average molecular weight is 504 g/mol. The van der Waals surface area contributed by atoms with Crippen LogP contribution < -0.4 is 15.2 Å². The molecule has 3 aromatic rings. The molecule has 12 heteroatoms. The van der Waals surface area contributed by atoms with Crippen LogP contribution in [0.15, 0.2) is 39.9 Å². The highest BCUT2D eigenvalue weighted by atomic mass is 35.5. The van der Waals surface area contributed by atoms with Crippen LogP contribution in [0.4, 0.5) is 17.8 Å². The topological polar surface area (TPSA) is 101 Å². The smallest absolute Gasteiger partial charge is 0.250 e. The second kappa shape index (κ2) is 10.6. The number of furan rings is 1. The molecule has 2 saturated heterocycles. The molecule has 34 heavy (non-hydrogen) atoms. The Morgan fingerprint density at radius 3 is 2.15 bits per heavy atom. The lowest BCUT2D eigenvalue weighted by molar-refractivity contribution is 0.121. The van der Waals surface area contributed by atoms with E-state index >= 15 is 0 Å². The quantitative estimate of drug-likeness (QED) is 0.399. The van der Waals surface area contributed by atoms with E-state index in [1.54, 1.807) is 30.5 Å². The van der Waals surface area contributed by atoms with E-state index in [9.17, 15) is 0 Å². The van der Waals surface area contributed by atoms with Gasteiger partial charge >= 0.3 is 0 Å². The Labute approximate surface area is 206 Å². The van der Waals surface area contributed by atoms with Gasteiger partial charge in [-0.05, 0) is 30.3 Å². The Kier molecular flexibility index (Phi) is 7.10. The van der Waals surface area contributed by atoms with Crippen molar-refractivity contribution in [2.45, 2.75) is 0 Å². The molecule has 2 aromatic heterocycles. The van der Waals surface area contributed by atoms with Crippen molar-refractivity contribution >= 4 is 47.3 Å². The zero-order valence-electron chi connectivity index (χ0n) is 18.3. The Bertz CT molecular complexity index is 1120. The predicted molar refractivity (Wildman–Crippen MR) is 131 cm³/mol. The minimum Gasteiger partial charge on any atom is -0.455 e. The average Bonchev–Trinajstić information content (AvgIpc) is 3.35. The number of ether oxygens (including phenoxy) is 2. The summed E-state index contributed by atoms with van der Waals surface area (Å²) in [7, 11) is 0. The number of anilines is 3. The molecule has 10 nitrogen and oxygen atoms in total. The van der Waals surface area contributed by atoms with Crippen LogP contribution in [0.3, 0.4) is 0 Å². The highest BCUT2D eigenvalue weighted by molar-refractivity contribution is 6.35. The van der Waals surface area contributed by atoms with Crippen LogP contribution in [0.2, 0.25) is 10.0 Å². The predicted octanol–water partition coefficient (Wildman–Crippen LogP) is 3.56. The third-order valence-corrected chi connectivity index (χ3v) is 5.94. The van der Waals surface area contributed by atoms with E-state index in [1.165, 1.54) is 0 Å². The highest BCUT2D eigenvalue weighted by Gasteiger charge is 2.20. The van der Waals surface area contributed by atoms with Gasteiger partial charge in [0.25, 0.3) is 0 Å². The molecule has 0 bridgehead atoms. The van der Waals surface area contributed by atoms with Gasteiger partial charge in [-0.25, -0.2) is 5.43 Å². The molecule has 0 unspecified atom stereocenters. The van der Waals surface area contributed by atoms with Crippen LogP contribution in [-0.4, -0.2) is 73.8 Å². The van der Waals surface area contributed by atoms with Crippen LogP contribution in [0, 0.1) is 0 Å². The summed E-state index contributed by atoms with van der Waals surface area (Å²) in [5, 5.41) is 5.40. The summed E-state index contributed by atoms with van der Waals surface area (Å²) in [6, 6.07) is 8.83. The third kappa shape index (κ3) is 5.41. The number of nitrogens with zero attached hydrogens (tertiary/aromatic N) is 6. The van der Waals surface area contributed by atoms with Crippen LogP contribution in [0.25, 0.3) is 11.3 Å². The summed E-state index contributed by atoms with van der Waals surface area (Å²) in [6.07, 6.45) is 1.55. The number of hydrogen-bond donors (Lipinski definition) is 1. The van der Waals surface area contributed by atoms with Crippen molar-refractivity contribution in [3.8, 4) is 11.3 Å². The summed E-state index contributed by atoms with van der Waals surface area (Å²) in [6.45, 7) is 5.42. The molecule has 2 aliphatic rings. The lowest BCUT2D eigenvalue weighted by Gasteiger charge is -2.30. The fourth-order valence-electron chi connectivity index (χ4n) is 3.62. The summed E-state index contributed by atoms with van der Waals surface area (Å²) in [5.74, 6) is 2.66. The first-order valence-corrected chi connectivity index (χ1v) is 11.7. The first-order valence-electron chi connectivity index (χ1n) is 10.9. The number of aromatic nitrogens is 3. The van der Waals surface area contributed by atoms with E-state index in [0.29, 0.717) is 71.4 Å². The number of halogens is 2. The summed E-state index contributed by atoms with van der Waals surface area (Å²) in [5.41, 5.74) is 3.62. The Hall–Kier alpha value is -2.92. The van der Waals surface area contributed by atoms with E-state index in [4.69, 9.17) is 37.1 Å². The van der Waals surface area contributed by atoms with E-state index in [1.807, 2.05) is 6.07 Å². The second-order valence-corrected chi connectivity index (χ2v) is 8.50. The summed E-state index contributed by atoms with van der Waals surface area (Å²) < 4.78 is 16.8. The lowest BCUT2D eigenvalue weighted by atomic mass is 10.2. The van der Waals surface area contributed by atoms with E-state index < -0.39 is 0 Å². The summed E-state index contributed by atoms with van der Waals surface area (Å²) >= 11 is 12.4. The molecule has 1 aromatic carbocycles. The van der Waals surface area contributed by atoms with E-state index in [2.05, 4.69) is 35.3 Å². The van der Waals surface area contributed by atoms with Crippen LogP contribution in [-0.2, 0) is 9.47 Å². The maximum atomic E-state index is 6.27. The zero-order chi connectivity index (χ0) is 23.3. The van der Waals surface area contributed by atoms with Crippen molar-refractivity contribution in [2.75, 3.05) is 67.8 Å². The monoisotopic (exact) mass is 503 g/mol. The zero-order valence-corrected chi connectivity index (χ0v) is 19.8. The van der Waals surface area contributed by atoms with Crippen LogP contribution in [0.5, 0.6) is 0 Å². The fourth-order valence-corrected chi connectivity index (χ4v) is 4.00. The molecule has 4 heterocycles. The SMILES string of the molecule is Clc1ccc(Cl)c(-c2ccc(/C=N\Nc3nc(N4CCOCC4)nc(N4CCOCC4)n3)o2)c1. The molecule has 1 N–H and O–H groups in total. The molecular formula is C22H23Cl2N7O3. The van der Waals surface area contributed by atoms with Gasteiger partial charge in [-0.2, -0.15) is 20.1 Å². The minimum absolute atomic E-state index is 0.346.